The molecule has 0 aliphatic heterocycles. The van der Waals surface area contributed by atoms with Gasteiger partial charge in [0.2, 0.25) is 0 Å². The fourth-order valence-electron chi connectivity index (χ4n) is 2.07. The van der Waals surface area contributed by atoms with Gasteiger partial charge in [0.15, 0.2) is 5.96 Å². The Labute approximate surface area is 151 Å². The quantitative estimate of drug-likeness (QED) is 0.298. The van der Waals surface area contributed by atoms with E-state index in [-0.39, 0.29) is 24.0 Å². The van der Waals surface area contributed by atoms with Crippen molar-refractivity contribution < 1.29 is 4.74 Å². The van der Waals surface area contributed by atoms with E-state index in [4.69, 9.17) is 10.5 Å². The fourth-order valence-corrected chi connectivity index (χ4v) is 2.07. The van der Waals surface area contributed by atoms with Gasteiger partial charge in [-0.15, -0.1) is 24.0 Å². The molecule has 0 spiro atoms. The summed E-state index contributed by atoms with van der Waals surface area (Å²) in [4.78, 5) is 4.38. The number of methoxy groups -OCH3 is 1. The molecule has 1 rings (SSSR count). The Morgan fingerprint density at radius 1 is 1.23 bits per heavy atom. The SMILES string of the molecule is COCc1ccccc1NC(N)=NCCCCC(C)(C)C.I. The molecule has 0 amide bonds. The van der Waals surface area contributed by atoms with Crippen LogP contribution in [-0.4, -0.2) is 19.6 Å². The van der Waals surface area contributed by atoms with Gasteiger partial charge in [0.05, 0.1) is 6.61 Å². The van der Waals surface area contributed by atoms with E-state index in [0.717, 1.165) is 24.2 Å². The monoisotopic (exact) mass is 419 g/mol. The first kappa shape index (κ1) is 21.2. The van der Waals surface area contributed by atoms with E-state index in [2.05, 4.69) is 31.1 Å². The molecule has 4 nitrogen and oxygen atoms in total. The Balaban J connectivity index is 0.00000441. The largest absolute Gasteiger partial charge is 0.380 e. The van der Waals surface area contributed by atoms with Gasteiger partial charge in [0, 0.05) is 24.9 Å². The third-order valence-corrected chi connectivity index (χ3v) is 3.20. The van der Waals surface area contributed by atoms with Crippen LogP contribution in [0.1, 0.15) is 45.6 Å². The number of benzene rings is 1. The maximum Gasteiger partial charge on any atom is 0.193 e. The van der Waals surface area contributed by atoms with Crippen LogP contribution in [0.2, 0.25) is 0 Å². The third kappa shape index (κ3) is 9.25. The molecule has 0 heterocycles. The molecule has 0 radical (unpaired) electrons. The molecule has 5 heteroatoms. The van der Waals surface area contributed by atoms with Crippen molar-refractivity contribution in [1.29, 1.82) is 0 Å². The molecule has 0 unspecified atom stereocenters. The van der Waals surface area contributed by atoms with Crippen molar-refractivity contribution >= 4 is 35.6 Å². The van der Waals surface area contributed by atoms with E-state index in [1.807, 2.05) is 24.3 Å². The lowest BCUT2D eigenvalue weighted by Gasteiger charge is -2.17. The van der Waals surface area contributed by atoms with Crippen LogP contribution in [0.3, 0.4) is 0 Å². The van der Waals surface area contributed by atoms with Gasteiger partial charge in [-0.05, 0) is 24.3 Å². The van der Waals surface area contributed by atoms with Gasteiger partial charge in [-0.3, -0.25) is 4.99 Å². The van der Waals surface area contributed by atoms with Gasteiger partial charge in [-0.25, -0.2) is 0 Å². The molecule has 3 N–H and O–H groups in total. The number of aliphatic imine (C=N–C) groups is 1. The number of rotatable bonds is 7. The number of anilines is 1. The second-order valence-corrected chi connectivity index (χ2v) is 6.50. The summed E-state index contributed by atoms with van der Waals surface area (Å²) in [5.41, 5.74) is 8.36. The van der Waals surface area contributed by atoms with Gasteiger partial charge < -0.3 is 15.8 Å². The number of nitrogens with two attached hydrogens (primary N) is 1. The van der Waals surface area contributed by atoms with Crippen LogP contribution in [0.5, 0.6) is 0 Å². The van der Waals surface area contributed by atoms with E-state index in [9.17, 15) is 0 Å². The standard InChI is InChI=1S/C17H29N3O.HI/c1-17(2,3)11-7-8-12-19-16(18)20-15-10-6-5-9-14(15)13-21-4;/h5-6,9-10H,7-8,11-13H2,1-4H3,(H3,18,19,20);1H. The summed E-state index contributed by atoms with van der Waals surface area (Å²) >= 11 is 0. The first-order valence-electron chi connectivity index (χ1n) is 7.56. The van der Waals surface area contributed by atoms with E-state index in [0.29, 0.717) is 18.0 Å². The van der Waals surface area contributed by atoms with Crippen LogP contribution >= 0.6 is 24.0 Å². The summed E-state index contributed by atoms with van der Waals surface area (Å²) in [7, 11) is 1.68. The van der Waals surface area contributed by atoms with Crippen molar-refractivity contribution in [3.05, 3.63) is 29.8 Å². The van der Waals surface area contributed by atoms with Crippen molar-refractivity contribution in [2.24, 2.45) is 16.1 Å². The van der Waals surface area contributed by atoms with Gasteiger partial charge in [0.25, 0.3) is 0 Å². The van der Waals surface area contributed by atoms with E-state index >= 15 is 0 Å². The van der Waals surface area contributed by atoms with Gasteiger partial charge in [0.1, 0.15) is 0 Å². The molecule has 0 atom stereocenters. The number of hydrogen-bond donors (Lipinski definition) is 2. The number of nitrogens with zero attached hydrogens (tertiary/aromatic N) is 1. The Kier molecular flexibility index (Phi) is 10.4. The first-order chi connectivity index (χ1) is 9.92. The third-order valence-electron chi connectivity index (χ3n) is 3.20. The van der Waals surface area contributed by atoms with Crippen molar-refractivity contribution in [3.63, 3.8) is 0 Å². The molecule has 126 valence electrons. The van der Waals surface area contributed by atoms with Crippen LogP contribution in [0.25, 0.3) is 0 Å². The number of guanidine groups is 1. The van der Waals surface area contributed by atoms with E-state index in [1.54, 1.807) is 7.11 Å². The molecule has 0 saturated heterocycles. The number of ether oxygens (including phenoxy) is 1. The minimum absolute atomic E-state index is 0. The van der Waals surface area contributed by atoms with Crippen molar-refractivity contribution in [1.82, 2.24) is 0 Å². The molecule has 0 aliphatic carbocycles. The number of halogens is 1. The van der Waals surface area contributed by atoms with Crippen molar-refractivity contribution in [2.75, 3.05) is 19.0 Å². The van der Waals surface area contributed by atoms with Crippen LogP contribution in [0, 0.1) is 5.41 Å². The molecule has 0 aromatic heterocycles. The summed E-state index contributed by atoms with van der Waals surface area (Å²) in [6, 6.07) is 7.95. The Morgan fingerprint density at radius 2 is 1.91 bits per heavy atom. The summed E-state index contributed by atoms with van der Waals surface area (Å²) in [6.07, 6.45) is 3.46. The molecule has 0 fully saturated rings. The van der Waals surface area contributed by atoms with E-state index < -0.39 is 0 Å². The highest BCUT2D eigenvalue weighted by Gasteiger charge is 2.08. The van der Waals surface area contributed by atoms with Gasteiger partial charge >= 0.3 is 0 Å². The summed E-state index contributed by atoms with van der Waals surface area (Å²) < 4.78 is 5.17. The molecular weight excluding hydrogens is 389 g/mol. The molecule has 1 aromatic rings. The van der Waals surface area contributed by atoms with Crippen molar-refractivity contribution in [2.45, 2.75) is 46.6 Å². The average molecular weight is 419 g/mol. The van der Waals surface area contributed by atoms with Crippen LogP contribution in [0.4, 0.5) is 5.69 Å². The zero-order valence-electron chi connectivity index (χ0n) is 14.2. The van der Waals surface area contributed by atoms with Crippen LogP contribution in [0.15, 0.2) is 29.3 Å². The predicted molar refractivity (Wildman–Crippen MR) is 106 cm³/mol. The smallest absolute Gasteiger partial charge is 0.193 e. The zero-order valence-corrected chi connectivity index (χ0v) is 16.5. The normalized spacial score (nSPS) is 11.9. The lowest BCUT2D eigenvalue weighted by atomic mass is 9.90. The highest BCUT2D eigenvalue weighted by Crippen LogP contribution is 2.21. The summed E-state index contributed by atoms with van der Waals surface area (Å²) in [6.45, 7) is 8.11. The Hall–Kier alpha value is -0.820. The lowest BCUT2D eigenvalue weighted by Crippen LogP contribution is -2.23. The molecule has 1 aromatic carbocycles. The number of para-hydroxylation sites is 1. The lowest BCUT2D eigenvalue weighted by molar-refractivity contribution is 0.185. The van der Waals surface area contributed by atoms with Crippen LogP contribution < -0.4 is 11.1 Å². The minimum atomic E-state index is 0. The summed E-state index contributed by atoms with van der Waals surface area (Å²) in [5, 5.41) is 3.15. The highest BCUT2D eigenvalue weighted by atomic mass is 127. The van der Waals surface area contributed by atoms with Gasteiger partial charge in [-0.1, -0.05) is 45.4 Å². The second kappa shape index (κ2) is 10.8. The minimum Gasteiger partial charge on any atom is -0.380 e. The Bertz CT molecular complexity index is 455. The summed E-state index contributed by atoms with van der Waals surface area (Å²) in [5.74, 6) is 0.467. The highest BCUT2D eigenvalue weighted by molar-refractivity contribution is 14.0. The zero-order chi connectivity index (χ0) is 15.7. The molecule has 0 saturated carbocycles. The maximum absolute atomic E-state index is 5.94. The van der Waals surface area contributed by atoms with Crippen LogP contribution in [-0.2, 0) is 11.3 Å². The van der Waals surface area contributed by atoms with Gasteiger partial charge in [-0.2, -0.15) is 0 Å². The molecular formula is C17H30IN3O. The second-order valence-electron chi connectivity index (χ2n) is 6.50. The molecule has 22 heavy (non-hydrogen) atoms. The number of unbranched alkanes of at least 4 members (excludes halogenated alkanes) is 1. The van der Waals surface area contributed by atoms with Crippen molar-refractivity contribution in [3.8, 4) is 0 Å². The average Bonchev–Trinajstić information content (AvgIpc) is 2.39. The molecule has 0 aliphatic rings. The fraction of sp³-hybridized carbons (Fsp3) is 0.588. The molecule has 0 bridgehead atoms. The first-order valence-corrected chi connectivity index (χ1v) is 7.56. The number of nitrogens with one attached hydrogen (secondary N) is 1. The van der Waals surface area contributed by atoms with E-state index in [1.165, 1.54) is 12.8 Å². The predicted octanol–water partition coefficient (Wildman–Crippen LogP) is 4.39. The number of hydrogen-bond acceptors (Lipinski definition) is 2. The maximum atomic E-state index is 5.94. The topological polar surface area (TPSA) is 59.6 Å². The Morgan fingerprint density at radius 3 is 2.55 bits per heavy atom.